The fourth-order valence-corrected chi connectivity index (χ4v) is 2.12. The van der Waals surface area contributed by atoms with Crippen molar-refractivity contribution < 1.29 is 14.3 Å². The van der Waals surface area contributed by atoms with Gasteiger partial charge in [0.1, 0.15) is 6.04 Å². The molecule has 0 heterocycles. The van der Waals surface area contributed by atoms with E-state index in [9.17, 15) is 9.18 Å². The first-order valence-electron chi connectivity index (χ1n) is 2.97. The zero-order chi connectivity index (χ0) is 8.69. The predicted molar refractivity (Wildman–Crippen MR) is 46.5 cm³/mol. The van der Waals surface area contributed by atoms with E-state index in [2.05, 4.69) is 0 Å². The molecule has 11 heavy (non-hydrogen) atoms. The van der Waals surface area contributed by atoms with Crippen molar-refractivity contribution in [1.82, 2.24) is 0 Å². The van der Waals surface area contributed by atoms with Crippen LogP contribution >= 0.6 is 21.6 Å². The van der Waals surface area contributed by atoms with E-state index in [0.717, 1.165) is 0 Å². The minimum absolute atomic E-state index is 0.319. The van der Waals surface area contributed by atoms with Crippen LogP contribution in [0.25, 0.3) is 0 Å². The first-order valence-corrected chi connectivity index (χ1v) is 5.46. The molecule has 0 amide bonds. The summed E-state index contributed by atoms with van der Waals surface area (Å²) in [4.78, 5) is 10.1. The van der Waals surface area contributed by atoms with Crippen molar-refractivity contribution in [2.75, 3.05) is 18.2 Å². The second kappa shape index (κ2) is 6.75. The van der Waals surface area contributed by atoms with E-state index in [0.29, 0.717) is 11.5 Å². The van der Waals surface area contributed by atoms with Crippen molar-refractivity contribution in [2.24, 2.45) is 5.73 Å². The van der Waals surface area contributed by atoms with E-state index >= 15 is 0 Å². The molecule has 0 unspecified atom stereocenters. The Kier molecular flexibility index (Phi) is 6.79. The maximum Gasteiger partial charge on any atom is 0.321 e. The summed E-state index contributed by atoms with van der Waals surface area (Å²) >= 11 is 0. The molecule has 66 valence electrons. The number of carboxylic acid groups (broad SMARTS) is 1. The molecule has 1 atom stereocenters. The third kappa shape index (κ3) is 6.46. The highest BCUT2D eigenvalue weighted by Gasteiger charge is 2.10. The SMILES string of the molecule is N[C@@H](CSSCCF)C(=O)O. The van der Waals surface area contributed by atoms with Crippen LogP contribution in [-0.4, -0.2) is 35.3 Å². The van der Waals surface area contributed by atoms with Crippen molar-refractivity contribution in [1.29, 1.82) is 0 Å². The van der Waals surface area contributed by atoms with E-state index < -0.39 is 12.0 Å². The van der Waals surface area contributed by atoms with E-state index in [1.807, 2.05) is 0 Å². The summed E-state index contributed by atoms with van der Waals surface area (Å²) in [6.45, 7) is -0.389. The summed E-state index contributed by atoms with van der Waals surface area (Å²) in [6.07, 6.45) is 0. The Balaban J connectivity index is 3.17. The van der Waals surface area contributed by atoms with E-state index in [1.165, 1.54) is 21.6 Å². The maximum atomic E-state index is 11.5. The summed E-state index contributed by atoms with van der Waals surface area (Å²) in [5.74, 6) is -0.310. The Morgan fingerprint density at radius 3 is 2.73 bits per heavy atom. The first kappa shape index (κ1) is 11.1. The highest BCUT2D eigenvalue weighted by molar-refractivity contribution is 8.76. The highest BCUT2D eigenvalue weighted by Crippen LogP contribution is 2.20. The van der Waals surface area contributed by atoms with Gasteiger partial charge in [-0.05, 0) is 0 Å². The molecule has 0 aliphatic rings. The fourth-order valence-electron chi connectivity index (χ4n) is 0.283. The molecule has 3 nitrogen and oxygen atoms in total. The predicted octanol–water partition coefficient (Wildman–Crippen LogP) is 0.749. The molecule has 6 heteroatoms. The molecule has 0 aliphatic carbocycles. The Labute approximate surface area is 72.3 Å². The second-order valence-corrected chi connectivity index (χ2v) is 4.37. The summed E-state index contributed by atoms with van der Waals surface area (Å²) < 4.78 is 11.5. The van der Waals surface area contributed by atoms with Crippen LogP contribution in [0.3, 0.4) is 0 Å². The fraction of sp³-hybridized carbons (Fsp3) is 0.800. The number of hydrogen-bond donors (Lipinski definition) is 2. The van der Waals surface area contributed by atoms with Crippen LogP contribution in [-0.2, 0) is 4.79 Å². The first-order chi connectivity index (χ1) is 5.18. The van der Waals surface area contributed by atoms with Gasteiger partial charge in [0.05, 0.1) is 6.67 Å². The quantitative estimate of drug-likeness (QED) is 0.488. The van der Waals surface area contributed by atoms with Crippen molar-refractivity contribution in [3.8, 4) is 0 Å². The van der Waals surface area contributed by atoms with Crippen LogP contribution in [0.2, 0.25) is 0 Å². The molecule has 0 bridgehead atoms. The van der Waals surface area contributed by atoms with Gasteiger partial charge in [-0.2, -0.15) is 0 Å². The molecule has 0 aromatic rings. The van der Waals surface area contributed by atoms with Crippen LogP contribution in [0.1, 0.15) is 0 Å². The van der Waals surface area contributed by atoms with Crippen molar-refractivity contribution in [3.63, 3.8) is 0 Å². The number of carboxylic acids is 1. The van der Waals surface area contributed by atoms with E-state index in [1.54, 1.807) is 0 Å². The topological polar surface area (TPSA) is 63.3 Å². The number of hydrogen-bond acceptors (Lipinski definition) is 4. The van der Waals surface area contributed by atoms with Crippen molar-refractivity contribution in [2.45, 2.75) is 6.04 Å². The van der Waals surface area contributed by atoms with Crippen LogP contribution < -0.4 is 5.73 Å². The van der Waals surface area contributed by atoms with Crippen LogP contribution in [0.15, 0.2) is 0 Å². The van der Waals surface area contributed by atoms with Gasteiger partial charge >= 0.3 is 5.97 Å². The lowest BCUT2D eigenvalue weighted by molar-refractivity contribution is -0.137. The molecule has 0 aliphatic heterocycles. The van der Waals surface area contributed by atoms with Gasteiger partial charge in [-0.15, -0.1) is 0 Å². The number of nitrogens with two attached hydrogens (primary N) is 1. The minimum atomic E-state index is -1.02. The number of aliphatic carboxylic acids is 1. The smallest absolute Gasteiger partial charge is 0.321 e. The molecule has 0 fully saturated rings. The molecular formula is C5H10FNO2S2. The number of halogens is 1. The zero-order valence-corrected chi connectivity index (χ0v) is 7.46. The van der Waals surface area contributed by atoms with Gasteiger partial charge in [0.2, 0.25) is 0 Å². The second-order valence-electron chi connectivity index (χ2n) is 1.74. The highest BCUT2D eigenvalue weighted by atomic mass is 33.1. The van der Waals surface area contributed by atoms with E-state index in [4.69, 9.17) is 10.8 Å². The molecule has 0 spiro atoms. The lowest BCUT2D eigenvalue weighted by Crippen LogP contribution is -2.32. The Hall–Kier alpha value is 0.0600. The van der Waals surface area contributed by atoms with Crippen LogP contribution in [0.4, 0.5) is 4.39 Å². The molecule has 0 saturated carbocycles. The number of rotatable bonds is 6. The lowest BCUT2D eigenvalue weighted by Gasteiger charge is -2.03. The van der Waals surface area contributed by atoms with Crippen LogP contribution in [0.5, 0.6) is 0 Å². The monoisotopic (exact) mass is 199 g/mol. The zero-order valence-electron chi connectivity index (χ0n) is 5.83. The maximum absolute atomic E-state index is 11.5. The largest absolute Gasteiger partial charge is 0.480 e. The van der Waals surface area contributed by atoms with Crippen molar-refractivity contribution >= 4 is 27.6 Å². The molecule has 0 saturated heterocycles. The van der Waals surface area contributed by atoms with Gasteiger partial charge < -0.3 is 10.8 Å². The van der Waals surface area contributed by atoms with Crippen molar-refractivity contribution in [3.05, 3.63) is 0 Å². The van der Waals surface area contributed by atoms with Gasteiger partial charge in [0.15, 0.2) is 0 Å². The molecule has 0 rings (SSSR count). The van der Waals surface area contributed by atoms with E-state index in [-0.39, 0.29) is 6.67 Å². The average molecular weight is 199 g/mol. The summed E-state index contributed by atoms with van der Waals surface area (Å²) in [5, 5.41) is 8.32. The molecular weight excluding hydrogens is 189 g/mol. The van der Waals surface area contributed by atoms with Gasteiger partial charge in [0.25, 0.3) is 0 Å². The third-order valence-corrected chi connectivity index (χ3v) is 3.20. The Bertz CT molecular complexity index is 125. The number of alkyl halides is 1. The van der Waals surface area contributed by atoms with Gasteiger partial charge in [-0.1, -0.05) is 21.6 Å². The Morgan fingerprint density at radius 2 is 2.27 bits per heavy atom. The van der Waals surface area contributed by atoms with Gasteiger partial charge in [-0.3, -0.25) is 9.18 Å². The summed E-state index contributed by atoms with van der Waals surface area (Å²) in [5.41, 5.74) is 5.17. The summed E-state index contributed by atoms with van der Waals surface area (Å²) in [6, 6.07) is -0.841. The number of carbonyl (C=O) groups is 1. The van der Waals surface area contributed by atoms with Crippen LogP contribution in [0, 0.1) is 0 Å². The van der Waals surface area contributed by atoms with Gasteiger partial charge in [0, 0.05) is 11.5 Å². The molecule has 0 radical (unpaired) electrons. The normalized spacial score (nSPS) is 12.9. The standard InChI is InChI=1S/C5H10FNO2S2/c6-1-2-10-11-3-4(7)5(8)9/h4H,1-3,7H2,(H,8,9)/t4-/m0/s1. The average Bonchev–Trinajstić information content (AvgIpc) is 1.97. The Morgan fingerprint density at radius 1 is 1.64 bits per heavy atom. The molecule has 3 N–H and O–H groups in total. The minimum Gasteiger partial charge on any atom is -0.480 e. The molecule has 0 aromatic carbocycles. The third-order valence-electron chi connectivity index (χ3n) is 0.809. The molecule has 0 aromatic heterocycles. The van der Waals surface area contributed by atoms with Gasteiger partial charge in [-0.25, -0.2) is 0 Å². The summed E-state index contributed by atoms with van der Waals surface area (Å²) in [7, 11) is 2.58. The lowest BCUT2D eigenvalue weighted by atomic mass is 10.4.